The molecular weight excluding hydrogens is 318 g/mol. The van der Waals surface area contributed by atoms with Crippen molar-refractivity contribution in [1.82, 2.24) is 15.4 Å². The summed E-state index contributed by atoms with van der Waals surface area (Å²) in [6.45, 7) is 6.33. The molecule has 25 heavy (non-hydrogen) atoms. The van der Waals surface area contributed by atoms with Gasteiger partial charge in [0.2, 0.25) is 0 Å². The van der Waals surface area contributed by atoms with Crippen LogP contribution in [0.2, 0.25) is 0 Å². The van der Waals surface area contributed by atoms with Gasteiger partial charge in [0.15, 0.2) is 5.69 Å². The number of hydrogen-bond acceptors (Lipinski definition) is 5. The molecule has 1 N–H and O–H groups in total. The number of carbonyl (C=O) groups excluding carboxylic acids is 1. The molecule has 1 aliphatic heterocycles. The largest absolute Gasteiger partial charge is 0.379 e. The number of nitrogens with one attached hydrogen (secondary N) is 1. The van der Waals surface area contributed by atoms with Gasteiger partial charge < -0.3 is 14.6 Å². The molecule has 1 fully saturated rings. The van der Waals surface area contributed by atoms with Gasteiger partial charge in [-0.3, -0.25) is 9.69 Å². The normalized spacial score (nSPS) is 15.2. The molecule has 0 unspecified atom stereocenters. The smallest absolute Gasteiger partial charge is 0.273 e. The van der Waals surface area contributed by atoms with E-state index >= 15 is 0 Å². The summed E-state index contributed by atoms with van der Waals surface area (Å²) < 4.78 is 10.6. The van der Waals surface area contributed by atoms with Crippen molar-refractivity contribution in [2.75, 3.05) is 32.8 Å². The van der Waals surface area contributed by atoms with E-state index in [1.807, 2.05) is 25.1 Å². The minimum atomic E-state index is -0.159. The maximum atomic E-state index is 12.5. The van der Waals surface area contributed by atoms with E-state index in [0.717, 1.165) is 44.7 Å². The molecule has 1 saturated heterocycles. The first-order valence-corrected chi connectivity index (χ1v) is 8.81. The van der Waals surface area contributed by atoms with Gasteiger partial charge in [0, 0.05) is 31.7 Å². The molecule has 0 bridgehead atoms. The molecule has 134 valence electrons. The van der Waals surface area contributed by atoms with E-state index in [-0.39, 0.29) is 5.91 Å². The van der Waals surface area contributed by atoms with E-state index in [1.165, 1.54) is 5.56 Å². The fourth-order valence-electron chi connectivity index (χ4n) is 2.96. The van der Waals surface area contributed by atoms with Crippen molar-refractivity contribution in [2.24, 2.45) is 0 Å². The lowest BCUT2D eigenvalue weighted by molar-refractivity contribution is 0.0339. The van der Waals surface area contributed by atoms with Crippen LogP contribution in [0, 0.1) is 6.92 Å². The highest BCUT2D eigenvalue weighted by Gasteiger charge is 2.22. The van der Waals surface area contributed by atoms with E-state index < -0.39 is 0 Å². The van der Waals surface area contributed by atoms with Crippen molar-refractivity contribution in [1.29, 1.82) is 0 Å². The third kappa shape index (κ3) is 4.90. The Kier molecular flexibility index (Phi) is 6.19. The van der Waals surface area contributed by atoms with Gasteiger partial charge in [-0.05, 0) is 25.3 Å². The van der Waals surface area contributed by atoms with E-state index in [9.17, 15) is 4.79 Å². The zero-order valence-corrected chi connectivity index (χ0v) is 14.7. The first-order chi connectivity index (χ1) is 12.2. The van der Waals surface area contributed by atoms with E-state index in [4.69, 9.17) is 9.26 Å². The highest BCUT2D eigenvalue weighted by Crippen LogP contribution is 2.17. The van der Waals surface area contributed by atoms with Crippen LogP contribution in [-0.2, 0) is 17.7 Å². The number of benzene rings is 1. The molecule has 3 rings (SSSR count). The monoisotopic (exact) mass is 343 g/mol. The molecule has 1 aliphatic rings. The second kappa shape index (κ2) is 8.78. The Bertz CT molecular complexity index is 678. The van der Waals surface area contributed by atoms with Gasteiger partial charge in [0.1, 0.15) is 5.76 Å². The molecule has 1 aromatic heterocycles. The minimum absolute atomic E-state index is 0.159. The second-order valence-electron chi connectivity index (χ2n) is 6.30. The van der Waals surface area contributed by atoms with Crippen LogP contribution in [0.15, 0.2) is 34.9 Å². The summed E-state index contributed by atoms with van der Waals surface area (Å²) in [5, 5.41) is 6.93. The molecule has 0 radical (unpaired) electrons. The van der Waals surface area contributed by atoms with Crippen molar-refractivity contribution in [2.45, 2.75) is 26.3 Å². The fraction of sp³-hybridized carbons (Fsp3) is 0.474. The van der Waals surface area contributed by atoms with Crippen LogP contribution < -0.4 is 5.32 Å². The Hall–Kier alpha value is -2.18. The van der Waals surface area contributed by atoms with Gasteiger partial charge in [0.05, 0.1) is 13.2 Å². The molecule has 1 aromatic carbocycles. The third-order valence-electron chi connectivity index (χ3n) is 4.46. The van der Waals surface area contributed by atoms with Crippen molar-refractivity contribution in [3.05, 3.63) is 52.9 Å². The molecule has 6 heteroatoms. The SMILES string of the molecule is Cc1onc(C(=O)NCCCc2ccccc2)c1CN1CCOCC1. The molecule has 0 atom stereocenters. The average molecular weight is 343 g/mol. The zero-order chi connectivity index (χ0) is 17.5. The summed E-state index contributed by atoms with van der Waals surface area (Å²) in [6, 6.07) is 10.3. The Morgan fingerprint density at radius 1 is 1.24 bits per heavy atom. The fourth-order valence-corrected chi connectivity index (χ4v) is 2.96. The van der Waals surface area contributed by atoms with Crippen molar-refractivity contribution >= 4 is 5.91 Å². The summed E-state index contributed by atoms with van der Waals surface area (Å²) >= 11 is 0. The molecule has 1 amide bonds. The van der Waals surface area contributed by atoms with Gasteiger partial charge >= 0.3 is 0 Å². The Morgan fingerprint density at radius 2 is 2.00 bits per heavy atom. The molecule has 2 aromatic rings. The highest BCUT2D eigenvalue weighted by atomic mass is 16.5. The van der Waals surface area contributed by atoms with Crippen LogP contribution in [0.25, 0.3) is 0 Å². The number of aromatic nitrogens is 1. The van der Waals surface area contributed by atoms with E-state index in [0.29, 0.717) is 24.5 Å². The van der Waals surface area contributed by atoms with E-state index in [2.05, 4.69) is 27.5 Å². The van der Waals surface area contributed by atoms with Gasteiger partial charge in [-0.2, -0.15) is 0 Å². The number of aryl methyl sites for hydroxylation is 2. The van der Waals surface area contributed by atoms with Crippen molar-refractivity contribution in [3.8, 4) is 0 Å². The van der Waals surface area contributed by atoms with Crippen molar-refractivity contribution in [3.63, 3.8) is 0 Å². The molecule has 0 spiro atoms. The topological polar surface area (TPSA) is 67.6 Å². The lowest BCUT2D eigenvalue weighted by Crippen LogP contribution is -2.36. The Morgan fingerprint density at radius 3 is 2.76 bits per heavy atom. The predicted octanol–water partition coefficient (Wildman–Crippen LogP) is 2.18. The summed E-state index contributed by atoms with van der Waals surface area (Å²) in [5.74, 6) is 0.550. The van der Waals surface area contributed by atoms with Crippen LogP contribution in [-0.4, -0.2) is 48.8 Å². The Labute approximate surface area is 148 Å². The quantitative estimate of drug-likeness (QED) is 0.781. The molecular formula is C19H25N3O3. The number of morpholine rings is 1. The number of hydrogen-bond donors (Lipinski definition) is 1. The number of carbonyl (C=O) groups is 1. The lowest BCUT2D eigenvalue weighted by Gasteiger charge is -2.26. The minimum Gasteiger partial charge on any atom is -0.379 e. The van der Waals surface area contributed by atoms with Gasteiger partial charge in [-0.25, -0.2) is 0 Å². The molecule has 0 aliphatic carbocycles. The third-order valence-corrected chi connectivity index (χ3v) is 4.46. The summed E-state index contributed by atoms with van der Waals surface area (Å²) in [4.78, 5) is 14.7. The number of amides is 1. The summed E-state index contributed by atoms with van der Waals surface area (Å²) in [5.41, 5.74) is 2.56. The van der Waals surface area contributed by atoms with Crippen molar-refractivity contribution < 1.29 is 14.1 Å². The maximum Gasteiger partial charge on any atom is 0.273 e. The van der Waals surface area contributed by atoms with Gasteiger partial charge in [-0.15, -0.1) is 0 Å². The number of ether oxygens (including phenoxy) is 1. The van der Waals surface area contributed by atoms with Crippen LogP contribution >= 0.6 is 0 Å². The predicted molar refractivity (Wildman–Crippen MR) is 94.4 cm³/mol. The molecule has 6 nitrogen and oxygen atoms in total. The Balaban J connectivity index is 1.51. The van der Waals surface area contributed by atoms with Crippen LogP contribution in [0.4, 0.5) is 0 Å². The second-order valence-corrected chi connectivity index (χ2v) is 6.30. The van der Waals surface area contributed by atoms with Crippen LogP contribution in [0.5, 0.6) is 0 Å². The summed E-state index contributed by atoms with van der Waals surface area (Å²) in [7, 11) is 0. The standard InChI is InChI=1S/C19H25N3O3/c1-15-17(14-22-10-12-24-13-11-22)18(21-25-15)19(23)20-9-5-8-16-6-3-2-4-7-16/h2-4,6-7H,5,8-14H2,1H3,(H,20,23). The molecule has 2 heterocycles. The average Bonchev–Trinajstić information content (AvgIpc) is 3.01. The maximum absolute atomic E-state index is 12.5. The first-order valence-electron chi connectivity index (χ1n) is 8.81. The molecule has 0 saturated carbocycles. The lowest BCUT2D eigenvalue weighted by atomic mass is 10.1. The van der Waals surface area contributed by atoms with E-state index in [1.54, 1.807) is 0 Å². The van der Waals surface area contributed by atoms with Crippen LogP contribution in [0.1, 0.15) is 33.8 Å². The number of rotatable bonds is 7. The van der Waals surface area contributed by atoms with Gasteiger partial charge in [-0.1, -0.05) is 35.5 Å². The van der Waals surface area contributed by atoms with Gasteiger partial charge in [0.25, 0.3) is 5.91 Å². The zero-order valence-electron chi connectivity index (χ0n) is 14.7. The first kappa shape index (κ1) is 17.6. The summed E-state index contributed by atoms with van der Waals surface area (Å²) in [6.07, 6.45) is 1.84. The number of nitrogens with zero attached hydrogens (tertiary/aromatic N) is 2. The highest BCUT2D eigenvalue weighted by molar-refractivity contribution is 5.93. The van der Waals surface area contributed by atoms with Crippen LogP contribution in [0.3, 0.4) is 0 Å².